The van der Waals surface area contributed by atoms with Gasteiger partial charge in [0.1, 0.15) is 5.82 Å². The van der Waals surface area contributed by atoms with Crippen molar-refractivity contribution in [2.45, 2.75) is 51.2 Å². The topological polar surface area (TPSA) is 23.5 Å². The number of hydrogen-bond acceptors (Lipinski definition) is 2. The Balaban J connectivity index is 2.31. The first-order chi connectivity index (χ1) is 9.49. The van der Waals surface area contributed by atoms with Gasteiger partial charge in [0.25, 0.3) is 0 Å². The van der Waals surface area contributed by atoms with Crippen LogP contribution in [0.15, 0.2) is 22.7 Å². The van der Waals surface area contributed by atoms with Gasteiger partial charge in [-0.1, -0.05) is 29.3 Å². The first-order valence-corrected chi connectivity index (χ1v) is 8.16. The number of piperidine rings is 1. The van der Waals surface area contributed by atoms with E-state index in [4.69, 9.17) is 0 Å². The van der Waals surface area contributed by atoms with Crippen LogP contribution in [0.2, 0.25) is 0 Å². The van der Waals surface area contributed by atoms with E-state index < -0.39 is 11.6 Å². The molecule has 0 aromatic heterocycles. The van der Waals surface area contributed by atoms with E-state index in [1.165, 1.54) is 12.5 Å². The molecule has 1 aliphatic heterocycles. The van der Waals surface area contributed by atoms with E-state index >= 15 is 0 Å². The van der Waals surface area contributed by atoms with Crippen molar-refractivity contribution in [1.29, 1.82) is 0 Å². The van der Waals surface area contributed by atoms with Crippen molar-refractivity contribution in [1.82, 2.24) is 4.90 Å². The number of likely N-dealkylation sites (tertiary alicyclic amines) is 1. The van der Waals surface area contributed by atoms with Crippen LogP contribution in [0.4, 0.5) is 4.39 Å². The predicted molar refractivity (Wildman–Crippen MR) is 83.2 cm³/mol. The highest BCUT2D eigenvalue weighted by atomic mass is 79.9. The van der Waals surface area contributed by atoms with Crippen LogP contribution < -0.4 is 0 Å². The summed E-state index contributed by atoms with van der Waals surface area (Å²) in [6.45, 7) is 6.07. The van der Waals surface area contributed by atoms with Gasteiger partial charge in [-0.05, 0) is 57.5 Å². The van der Waals surface area contributed by atoms with Crippen LogP contribution in [0.3, 0.4) is 0 Å². The van der Waals surface area contributed by atoms with Gasteiger partial charge in [-0.2, -0.15) is 0 Å². The molecule has 1 N–H and O–H groups in total. The van der Waals surface area contributed by atoms with E-state index in [0.717, 1.165) is 36.8 Å². The standard InChI is InChI=1S/C16H23BrFNO/c1-3-16(2,19-9-5-4-6-10-19)15(20)13-11-12(17)7-8-14(13)18/h7-8,11,15,20H,3-6,9-10H2,1-2H3. The molecular formula is C16H23BrFNO. The molecule has 20 heavy (non-hydrogen) atoms. The molecular weight excluding hydrogens is 321 g/mol. The van der Waals surface area contributed by atoms with Crippen LogP contribution in [0.1, 0.15) is 51.2 Å². The first-order valence-electron chi connectivity index (χ1n) is 7.37. The zero-order chi connectivity index (χ0) is 14.8. The van der Waals surface area contributed by atoms with Gasteiger partial charge >= 0.3 is 0 Å². The fourth-order valence-corrected chi connectivity index (χ4v) is 3.43. The summed E-state index contributed by atoms with van der Waals surface area (Å²) in [5.41, 5.74) is -0.0310. The summed E-state index contributed by atoms with van der Waals surface area (Å²) in [5.74, 6) is -0.336. The Morgan fingerprint density at radius 2 is 2.00 bits per heavy atom. The molecule has 0 aliphatic carbocycles. The Labute approximate surface area is 129 Å². The number of halogens is 2. The molecule has 2 rings (SSSR count). The van der Waals surface area contributed by atoms with Crippen molar-refractivity contribution >= 4 is 15.9 Å². The number of rotatable bonds is 4. The highest BCUT2D eigenvalue weighted by Gasteiger charge is 2.39. The van der Waals surface area contributed by atoms with Crippen molar-refractivity contribution in [3.05, 3.63) is 34.1 Å². The molecule has 0 spiro atoms. The smallest absolute Gasteiger partial charge is 0.129 e. The van der Waals surface area contributed by atoms with Gasteiger partial charge < -0.3 is 5.11 Å². The maximum Gasteiger partial charge on any atom is 0.129 e. The highest BCUT2D eigenvalue weighted by molar-refractivity contribution is 9.10. The fraction of sp³-hybridized carbons (Fsp3) is 0.625. The molecule has 2 nitrogen and oxygen atoms in total. The molecule has 4 heteroatoms. The largest absolute Gasteiger partial charge is 0.386 e. The average molecular weight is 344 g/mol. The molecule has 1 aromatic rings. The molecule has 0 amide bonds. The van der Waals surface area contributed by atoms with Gasteiger partial charge in [0.15, 0.2) is 0 Å². The van der Waals surface area contributed by atoms with Crippen LogP contribution in [0, 0.1) is 5.82 Å². The lowest BCUT2D eigenvalue weighted by Crippen LogP contribution is -2.52. The number of aliphatic hydroxyl groups is 1. The van der Waals surface area contributed by atoms with Crippen molar-refractivity contribution in [3.8, 4) is 0 Å². The van der Waals surface area contributed by atoms with E-state index in [9.17, 15) is 9.50 Å². The van der Waals surface area contributed by atoms with Gasteiger partial charge in [0.2, 0.25) is 0 Å². The number of benzene rings is 1. The second-order valence-electron chi connectivity index (χ2n) is 5.83. The molecule has 0 saturated carbocycles. The third kappa shape index (κ3) is 3.07. The van der Waals surface area contributed by atoms with Crippen molar-refractivity contribution in [3.63, 3.8) is 0 Å². The third-order valence-corrected chi connectivity index (χ3v) is 5.13. The maximum atomic E-state index is 14.1. The second-order valence-corrected chi connectivity index (χ2v) is 6.74. The van der Waals surface area contributed by atoms with Gasteiger partial charge in [-0.15, -0.1) is 0 Å². The normalized spacial score (nSPS) is 21.4. The van der Waals surface area contributed by atoms with E-state index in [0.29, 0.717) is 5.56 Å². The molecule has 1 aliphatic rings. The van der Waals surface area contributed by atoms with Gasteiger partial charge in [-0.3, -0.25) is 4.90 Å². The number of hydrogen-bond donors (Lipinski definition) is 1. The summed E-state index contributed by atoms with van der Waals surface area (Å²) >= 11 is 3.36. The Hall–Kier alpha value is -0.450. The molecule has 0 radical (unpaired) electrons. The summed E-state index contributed by atoms with van der Waals surface area (Å²) in [5, 5.41) is 10.8. The number of nitrogens with zero attached hydrogens (tertiary/aromatic N) is 1. The van der Waals surface area contributed by atoms with E-state index in [1.807, 2.05) is 6.92 Å². The lowest BCUT2D eigenvalue weighted by atomic mass is 9.83. The van der Waals surface area contributed by atoms with Gasteiger partial charge in [-0.25, -0.2) is 4.39 Å². The molecule has 1 aromatic carbocycles. The zero-order valence-corrected chi connectivity index (χ0v) is 13.8. The SMILES string of the molecule is CCC(C)(C(O)c1cc(Br)ccc1F)N1CCCCC1. The lowest BCUT2D eigenvalue weighted by Gasteiger charge is -2.46. The summed E-state index contributed by atoms with van der Waals surface area (Å²) < 4.78 is 14.9. The Morgan fingerprint density at radius 3 is 2.60 bits per heavy atom. The number of aliphatic hydroxyl groups excluding tert-OH is 1. The van der Waals surface area contributed by atoms with Crippen molar-refractivity contribution in [2.75, 3.05) is 13.1 Å². The first kappa shape index (κ1) is 15.9. The summed E-state index contributed by atoms with van der Waals surface area (Å²) in [7, 11) is 0. The Bertz CT molecular complexity index is 462. The van der Waals surface area contributed by atoms with E-state index in [-0.39, 0.29) is 5.82 Å². The highest BCUT2D eigenvalue weighted by Crippen LogP contribution is 2.37. The Kier molecular flexibility index (Phi) is 5.21. The lowest BCUT2D eigenvalue weighted by molar-refractivity contribution is -0.0367. The molecule has 112 valence electrons. The second kappa shape index (κ2) is 6.54. The van der Waals surface area contributed by atoms with Crippen LogP contribution in [-0.2, 0) is 0 Å². The monoisotopic (exact) mass is 343 g/mol. The predicted octanol–water partition coefficient (Wildman–Crippen LogP) is 4.28. The summed E-state index contributed by atoms with van der Waals surface area (Å²) in [6.07, 6.45) is 3.53. The molecule has 0 bridgehead atoms. The van der Waals surface area contributed by atoms with E-state index in [1.54, 1.807) is 12.1 Å². The molecule has 1 heterocycles. The van der Waals surface area contributed by atoms with E-state index in [2.05, 4.69) is 27.8 Å². The van der Waals surface area contributed by atoms with Crippen molar-refractivity contribution < 1.29 is 9.50 Å². The van der Waals surface area contributed by atoms with Crippen LogP contribution in [0.25, 0.3) is 0 Å². The zero-order valence-electron chi connectivity index (χ0n) is 12.2. The minimum atomic E-state index is -0.817. The Morgan fingerprint density at radius 1 is 1.35 bits per heavy atom. The third-order valence-electron chi connectivity index (χ3n) is 4.64. The quantitative estimate of drug-likeness (QED) is 0.881. The minimum absolute atomic E-state index is 0.336. The van der Waals surface area contributed by atoms with Gasteiger partial charge in [0.05, 0.1) is 6.10 Å². The van der Waals surface area contributed by atoms with Crippen LogP contribution >= 0.6 is 15.9 Å². The molecule has 1 fully saturated rings. The fourth-order valence-electron chi connectivity index (χ4n) is 3.05. The molecule has 2 unspecified atom stereocenters. The summed E-state index contributed by atoms with van der Waals surface area (Å²) in [6, 6.07) is 4.77. The van der Waals surface area contributed by atoms with Crippen LogP contribution in [-0.4, -0.2) is 28.6 Å². The van der Waals surface area contributed by atoms with Crippen LogP contribution in [0.5, 0.6) is 0 Å². The molecule has 1 saturated heterocycles. The molecule has 2 atom stereocenters. The maximum absolute atomic E-state index is 14.1. The average Bonchev–Trinajstić information content (AvgIpc) is 2.49. The van der Waals surface area contributed by atoms with Crippen molar-refractivity contribution in [2.24, 2.45) is 0 Å². The minimum Gasteiger partial charge on any atom is -0.386 e. The summed E-state index contributed by atoms with van der Waals surface area (Å²) in [4.78, 5) is 2.32. The van der Waals surface area contributed by atoms with Gasteiger partial charge in [0, 0.05) is 15.6 Å².